The van der Waals surface area contributed by atoms with Crippen molar-refractivity contribution < 1.29 is 9.15 Å². The standard InChI is InChI=1S/C21H24N2O2S2/c1-13(2)27-20-22-18-17(15-12-24-21(3,4)10-16(15)25-18)19(26)23(20)11-14-8-6-5-7-9-14/h5-9,13H,10-12H2,1-4H3. The Labute approximate surface area is 168 Å². The zero-order valence-corrected chi connectivity index (χ0v) is 17.7. The number of ether oxygens (including phenoxy) is 1. The van der Waals surface area contributed by atoms with Gasteiger partial charge in [-0.2, -0.15) is 4.98 Å². The second-order valence-electron chi connectivity index (χ2n) is 7.85. The molecule has 0 aliphatic carbocycles. The largest absolute Gasteiger partial charge is 0.442 e. The Morgan fingerprint density at radius 3 is 2.70 bits per heavy atom. The molecule has 4 nitrogen and oxygen atoms in total. The van der Waals surface area contributed by atoms with Gasteiger partial charge in [-0.25, -0.2) is 0 Å². The minimum Gasteiger partial charge on any atom is -0.442 e. The summed E-state index contributed by atoms with van der Waals surface area (Å²) in [5.74, 6) is 0.956. The van der Waals surface area contributed by atoms with Gasteiger partial charge in [0.1, 0.15) is 10.4 Å². The van der Waals surface area contributed by atoms with E-state index < -0.39 is 0 Å². The van der Waals surface area contributed by atoms with Crippen LogP contribution in [0.5, 0.6) is 0 Å². The Morgan fingerprint density at radius 1 is 1.26 bits per heavy atom. The lowest BCUT2D eigenvalue weighted by atomic mass is 9.97. The predicted molar refractivity (Wildman–Crippen MR) is 112 cm³/mol. The van der Waals surface area contributed by atoms with Gasteiger partial charge in [-0.1, -0.05) is 68.2 Å². The highest BCUT2D eigenvalue weighted by Crippen LogP contribution is 2.36. The second-order valence-corrected chi connectivity index (χ2v) is 9.78. The third-order valence-corrected chi connectivity index (χ3v) is 6.10. The Balaban J connectivity index is 1.89. The third kappa shape index (κ3) is 3.71. The molecule has 2 aromatic heterocycles. The number of benzene rings is 1. The molecule has 0 radical (unpaired) electrons. The SMILES string of the molecule is CC(C)Sc1nc2oc3c(c2c(=S)n1Cc1ccccc1)COC(C)(C)C3. The van der Waals surface area contributed by atoms with Crippen molar-refractivity contribution in [3.05, 3.63) is 51.9 Å². The molecule has 0 bridgehead atoms. The number of aromatic nitrogens is 2. The smallest absolute Gasteiger partial charge is 0.232 e. The molecule has 0 unspecified atom stereocenters. The molecule has 142 valence electrons. The van der Waals surface area contributed by atoms with Crippen LogP contribution in [-0.4, -0.2) is 20.4 Å². The zero-order valence-electron chi connectivity index (χ0n) is 16.1. The van der Waals surface area contributed by atoms with Crippen molar-refractivity contribution in [3.63, 3.8) is 0 Å². The fourth-order valence-electron chi connectivity index (χ4n) is 3.37. The van der Waals surface area contributed by atoms with Crippen LogP contribution in [0.3, 0.4) is 0 Å². The highest BCUT2D eigenvalue weighted by molar-refractivity contribution is 7.99. The molecule has 27 heavy (non-hydrogen) atoms. The summed E-state index contributed by atoms with van der Waals surface area (Å²) in [7, 11) is 0. The van der Waals surface area contributed by atoms with E-state index in [1.807, 2.05) is 6.07 Å². The second kappa shape index (κ2) is 7.08. The minimum absolute atomic E-state index is 0.224. The molecule has 0 spiro atoms. The predicted octanol–water partition coefficient (Wildman–Crippen LogP) is 5.76. The molecule has 3 aromatic rings. The number of furan rings is 1. The summed E-state index contributed by atoms with van der Waals surface area (Å²) in [5, 5.41) is 2.23. The average molecular weight is 401 g/mol. The molecule has 1 aliphatic heterocycles. The number of nitrogens with zero attached hydrogens (tertiary/aromatic N) is 2. The minimum atomic E-state index is -0.224. The number of rotatable bonds is 4. The maximum absolute atomic E-state index is 6.15. The maximum Gasteiger partial charge on any atom is 0.232 e. The van der Waals surface area contributed by atoms with Crippen LogP contribution in [0.2, 0.25) is 0 Å². The molecule has 4 rings (SSSR count). The summed E-state index contributed by atoms with van der Waals surface area (Å²) >= 11 is 7.64. The van der Waals surface area contributed by atoms with Crippen molar-refractivity contribution in [3.8, 4) is 0 Å². The summed E-state index contributed by atoms with van der Waals surface area (Å²) in [4.78, 5) is 4.86. The van der Waals surface area contributed by atoms with Crippen LogP contribution in [-0.2, 0) is 24.3 Å². The molecule has 1 aliphatic rings. The zero-order chi connectivity index (χ0) is 19.2. The van der Waals surface area contributed by atoms with Crippen molar-refractivity contribution in [2.45, 2.75) is 63.3 Å². The van der Waals surface area contributed by atoms with Crippen LogP contribution in [0.1, 0.15) is 44.6 Å². The van der Waals surface area contributed by atoms with Crippen molar-refractivity contribution in [1.82, 2.24) is 9.55 Å². The van der Waals surface area contributed by atoms with Gasteiger partial charge in [0.2, 0.25) is 5.71 Å². The first-order chi connectivity index (χ1) is 12.8. The lowest BCUT2D eigenvalue weighted by Gasteiger charge is -2.28. The first-order valence-corrected chi connectivity index (χ1v) is 10.5. The molecule has 0 saturated heterocycles. The summed E-state index contributed by atoms with van der Waals surface area (Å²) < 4.78 is 15.1. The van der Waals surface area contributed by atoms with E-state index in [2.05, 4.69) is 56.5 Å². The highest BCUT2D eigenvalue weighted by Gasteiger charge is 2.32. The Hall–Kier alpha value is -1.63. The monoisotopic (exact) mass is 400 g/mol. The summed E-state index contributed by atoms with van der Waals surface area (Å²) in [5.41, 5.74) is 2.68. The molecule has 0 N–H and O–H groups in total. The van der Waals surface area contributed by atoms with Gasteiger partial charge in [0.15, 0.2) is 5.16 Å². The van der Waals surface area contributed by atoms with E-state index in [1.54, 1.807) is 11.8 Å². The van der Waals surface area contributed by atoms with Gasteiger partial charge in [-0.05, 0) is 19.4 Å². The van der Waals surface area contributed by atoms with Crippen LogP contribution in [0.4, 0.5) is 0 Å². The van der Waals surface area contributed by atoms with Crippen LogP contribution in [0, 0.1) is 4.64 Å². The first-order valence-electron chi connectivity index (χ1n) is 9.24. The van der Waals surface area contributed by atoms with E-state index in [-0.39, 0.29) is 5.60 Å². The lowest BCUT2D eigenvalue weighted by molar-refractivity contribution is -0.0441. The molecular formula is C21H24N2O2S2. The Kier molecular flexibility index (Phi) is 4.91. The number of thioether (sulfide) groups is 1. The summed E-state index contributed by atoms with van der Waals surface area (Å²) in [6.07, 6.45) is 0.735. The quantitative estimate of drug-likeness (QED) is 0.316. The molecule has 0 saturated carbocycles. The fraction of sp³-hybridized carbons (Fsp3) is 0.429. The summed E-state index contributed by atoms with van der Waals surface area (Å²) in [6, 6.07) is 10.4. The van der Waals surface area contributed by atoms with E-state index >= 15 is 0 Å². The average Bonchev–Trinajstić information content (AvgIpc) is 2.94. The first kappa shape index (κ1) is 18.7. The number of hydrogen-bond acceptors (Lipinski definition) is 5. The molecule has 1 aromatic carbocycles. The van der Waals surface area contributed by atoms with Gasteiger partial charge in [0.05, 0.1) is 24.1 Å². The van der Waals surface area contributed by atoms with E-state index in [0.29, 0.717) is 24.1 Å². The lowest BCUT2D eigenvalue weighted by Crippen LogP contribution is -2.31. The Bertz CT molecular complexity index is 1040. The van der Waals surface area contributed by atoms with Gasteiger partial charge < -0.3 is 13.7 Å². The molecular weight excluding hydrogens is 376 g/mol. The number of fused-ring (bicyclic) bond motifs is 3. The van der Waals surface area contributed by atoms with Gasteiger partial charge in [-0.15, -0.1) is 0 Å². The normalized spacial score (nSPS) is 16.0. The fourth-order valence-corrected chi connectivity index (χ4v) is 4.63. The van der Waals surface area contributed by atoms with Gasteiger partial charge in [0.25, 0.3) is 0 Å². The Morgan fingerprint density at radius 2 is 2.00 bits per heavy atom. The van der Waals surface area contributed by atoms with Gasteiger partial charge >= 0.3 is 0 Å². The third-order valence-electron chi connectivity index (χ3n) is 4.68. The topological polar surface area (TPSA) is 40.2 Å². The molecule has 0 fully saturated rings. The molecule has 3 heterocycles. The molecule has 6 heteroatoms. The molecule has 0 amide bonds. The van der Waals surface area contributed by atoms with E-state index in [4.69, 9.17) is 26.4 Å². The van der Waals surface area contributed by atoms with Gasteiger partial charge in [-0.3, -0.25) is 0 Å². The van der Waals surface area contributed by atoms with Crippen LogP contribution < -0.4 is 0 Å². The van der Waals surface area contributed by atoms with Crippen LogP contribution in [0.25, 0.3) is 11.1 Å². The van der Waals surface area contributed by atoms with E-state index in [9.17, 15) is 0 Å². The highest BCUT2D eigenvalue weighted by atomic mass is 32.2. The van der Waals surface area contributed by atoms with Crippen LogP contribution in [0.15, 0.2) is 39.9 Å². The molecule has 0 atom stereocenters. The van der Waals surface area contributed by atoms with Crippen LogP contribution >= 0.6 is 24.0 Å². The van der Waals surface area contributed by atoms with Crippen molar-refractivity contribution in [2.75, 3.05) is 0 Å². The number of hydrogen-bond donors (Lipinski definition) is 0. The van der Waals surface area contributed by atoms with E-state index in [1.165, 1.54) is 5.56 Å². The van der Waals surface area contributed by atoms with E-state index in [0.717, 1.165) is 32.9 Å². The van der Waals surface area contributed by atoms with Crippen molar-refractivity contribution in [2.24, 2.45) is 0 Å². The van der Waals surface area contributed by atoms with Crippen molar-refractivity contribution in [1.29, 1.82) is 0 Å². The summed E-state index contributed by atoms with van der Waals surface area (Å²) in [6.45, 7) is 9.71. The maximum atomic E-state index is 6.15. The van der Waals surface area contributed by atoms with Crippen molar-refractivity contribution >= 4 is 35.1 Å². The van der Waals surface area contributed by atoms with Gasteiger partial charge in [0, 0.05) is 17.2 Å².